The Balaban J connectivity index is 3.20. The van der Waals surface area contributed by atoms with Crippen LogP contribution in [0.1, 0.15) is 11.1 Å². The Kier molecular flexibility index (Phi) is 4.62. The van der Waals surface area contributed by atoms with Gasteiger partial charge in [-0.25, -0.2) is 0 Å². The fourth-order valence-corrected chi connectivity index (χ4v) is 1.29. The molecule has 0 aliphatic heterocycles. The zero-order valence-electron chi connectivity index (χ0n) is 9.46. The van der Waals surface area contributed by atoms with Gasteiger partial charge in [0, 0.05) is 6.07 Å². The van der Waals surface area contributed by atoms with Gasteiger partial charge in [0.15, 0.2) is 0 Å². The van der Waals surface area contributed by atoms with Crippen molar-refractivity contribution in [1.29, 1.82) is 0 Å². The van der Waals surface area contributed by atoms with Gasteiger partial charge in [-0.05, 0) is 18.2 Å². The summed E-state index contributed by atoms with van der Waals surface area (Å²) in [7, 11) is 0. The van der Waals surface area contributed by atoms with E-state index in [1.165, 1.54) is 0 Å². The number of hydrogen-bond donors (Lipinski definition) is 2. The molecule has 5 nitrogen and oxygen atoms in total. The number of aliphatic hydroxyl groups excluding tert-OH is 2. The molecule has 2 N–H and O–H groups in total. The Morgan fingerprint density at radius 1 is 1.42 bits per heavy atom. The molecule has 0 saturated heterocycles. The highest BCUT2D eigenvalue weighted by molar-refractivity contribution is 5.62. The van der Waals surface area contributed by atoms with Crippen molar-refractivity contribution in [3.8, 4) is 0 Å². The topological polar surface area (TPSA) is 83.6 Å². The van der Waals surface area contributed by atoms with Gasteiger partial charge in [-0.3, -0.25) is 10.1 Å². The summed E-state index contributed by atoms with van der Waals surface area (Å²) in [5.41, 5.74) is -1.94. The molecule has 0 radical (unpaired) electrons. The number of aliphatic hydroxyl groups is 2. The van der Waals surface area contributed by atoms with Crippen molar-refractivity contribution in [2.75, 3.05) is 6.61 Å². The number of rotatable bonds is 4. The summed E-state index contributed by atoms with van der Waals surface area (Å²) in [5.74, 6) is 0. The predicted octanol–water partition coefficient (Wildman–Crippen LogP) is 1.98. The molecular weight excluding hydrogens is 267 g/mol. The summed E-state index contributed by atoms with van der Waals surface area (Å²) in [6, 6.07) is 2.06. The lowest BCUT2D eigenvalue weighted by molar-refractivity contribution is -0.385. The van der Waals surface area contributed by atoms with Crippen molar-refractivity contribution >= 4 is 11.8 Å². The standard InChI is InChI=1S/C11H10F3NO4/c12-11(13,14)8-3-1-7(2-4-9(17)6-16)10(5-8)15(18)19/h1-5,9,16-17H,6H2. The van der Waals surface area contributed by atoms with E-state index in [0.717, 1.165) is 18.2 Å². The average molecular weight is 277 g/mol. The van der Waals surface area contributed by atoms with Gasteiger partial charge in [0.05, 0.1) is 28.8 Å². The minimum absolute atomic E-state index is 0.0921. The van der Waals surface area contributed by atoms with E-state index >= 15 is 0 Å². The third-order valence-electron chi connectivity index (χ3n) is 2.24. The molecule has 0 bridgehead atoms. The smallest absolute Gasteiger partial charge is 0.393 e. The van der Waals surface area contributed by atoms with E-state index in [2.05, 4.69) is 0 Å². The molecule has 1 atom stereocenters. The van der Waals surface area contributed by atoms with E-state index in [-0.39, 0.29) is 5.56 Å². The van der Waals surface area contributed by atoms with E-state index in [1.807, 2.05) is 0 Å². The molecule has 8 heteroatoms. The molecule has 0 heterocycles. The summed E-state index contributed by atoms with van der Waals surface area (Å²) in [4.78, 5) is 9.76. The predicted molar refractivity (Wildman–Crippen MR) is 60.2 cm³/mol. The number of hydrogen-bond acceptors (Lipinski definition) is 4. The third-order valence-corrected chi connectivity index (χ3v) is 2.24. The highest BCUT2D eigenvalue weighted by Crippen LogP contribution is 2.33. The minimum atomic E-state index is -4.67. The highest BCUT2D eigenvalue weighted by atomic mass is 19.4. The number of nitrogens with zero attached hydrogens (tertiary/aromatic N) is 1. The molecular formula is C11H10F3NO4. The number of benzene rings is 1. The lowest BCUT2D eigenvalue weighted by Crippen LogP contribution is -2.08. The van der Waals surface area contributed by atoms with E-state index in [1.54, 1.807) is 0 Å². The summed E-state index contributed by atoms with van der Waals surface area (Å²) in [6.07, 6.45) is -3.77. The van der Waals surface area contributed by atoms with E-state index in [9.17, 15) is 23.3 Å². The van der Waals surface area contributed by atoms with E-state index in [4.69, 9.17) is 10.2 Å². The zero-order chi connectivity index (χ0) is 14.6. The molecule has 0 aromatic heterocycles. The van der Waals surface area contributed by atoms with Gasteiger partial charge >= 0.3 is 6.18 Å². The van der Waals surface area contributed by atoms with Crippen LogP contribution in [0.25, 0.3) is 6.08 Å². The third kappa shape index (κ3) is 4.04. The molecule has 0 saturated carbocycles. The van der Waals surface area contributed by atoms with Crippen molar-refractivity contribution < 1.29 is 28.3 Å². The lowest BCUT2D eigenvalue weighted by atomic mass is 10.1. The number of nitro benzene ring substituents is 1. The zero-order valence-corrected chi connectivity index (χ0v) is 9.46. The van der Waals surface area contributed by atoms with Gasteiger partial charge in [0.1, 0.15) is 0 Å². The second-order valence-electron chi connectivity index (χ2n) is 3.64. The summed E-state index contributed by atoms with van der Waals surface area (Å²) < 4.78 is 37.3. The van der Waals surface area contributed by atoms with Crippen LogP contribution in [0.4, 0.5) is 18.9 Å². The summed E-state index contributed by atoms with van der Waals surface area (Å²) in [5, 5.41) is 28.3. The molecule has 1 unspecified atom stereocenters. The highest BCUT2D eigenvalue weighted by Gasteiger charge is 2.32. The first-order valence-corrected chi connectivity index (χ1v) is 5.08. The first-order chi connectivity index (χ1) is 8.75. The SMILES string of the molecule is O=[N+]([O-])c1cc(C(F)(F)F)ccc1C=CC(O)CO. The van der Waals surface area contributed by atoms with Gasteiger partial charge in [0.25, 0.3) is 5.69 Å². The summed E-state index contributed by atoms with van der Waals surface area (Å²) >= 11 is 0. The van der Waals surface area contributed by atoms with Crippen LogP contribution in [0, 0.1) is 10.1 Å². The molecule has 0 amide bonds. The molecule has 1 rings (SSSR count). The van der Waals surface area contributed by atoms with Crippen molar-refractivity contribution in [2.45, 2.75) is 12.3 Å². The number of halogens is 3. The quantitative estimate of drug-likeness (QED) is 0.651. The monoisotopic (exact) mass is 277 g/mol. The average Bonchev–Trinajstić information content (AvgIpc) is 2.34. The Hall–Kier alpha value is -1.93. The Bertz CT molecular complexity index is 499. The van der Waals surface area contributed by atoms with Crippen LogP contribution in [0.3, 0.4) is 0 Å². The van der Waals surface area contributed by atoms with Gasteiger partial charge in [-0.1, -0.05) is 6.08 Å². The van der Waals surface area contributed by atoms with E-state index < -0.39 is 35.1 Å². The van der Waals surface area contributed by atoms with Crippen LogP contribution in [0.2, 0.25) is 0 Å². The molecule has 104 valence electrons. The maximum atomic E-state index is 12.4. The molecule has 0 aliphatic carbocycles. The molecule has 1 aromatic carbocycles. The van der Waals surface area contributed by atoms with Crippen molar-refractivity contribution in [3.05, 3.63) is 45.5 Å². The van der Waals surface area contributed by atoms with Crippen LogP contribution >= 0.6 is 0 Å². The second kappa shape index (κ2) is 5.81. The Labute approximate surface area is 105 Å². The fourth-order valence-electron chi connectivity index (χ4n) is 1.29. The molecule has 1 aromatic rings. The molecule has 0 fully saturated rings. The van der Waals surface area contributed by atoms with Crippen LogP contribution < -0.4 is 0 Å². The first-order valence-electron chi connectivity index (χ1n) is 5.08. The molecule has 0 spiro atoms. The normalized spacial score (nSPS) is 13.7. The van der Waals surface area contributed by atoms with Gasteiger partial charge in [-0.2, -0.15) is 13.2 Å². The Morgan fingerprint density at radius 2 is 2.05 bits per heavy atom. The van der Waals surface area contributed by atoms with Crippen LogP contribution in [0.15, 0.2) is 24.3 Å². The van der Waals surface area contributed by atoms with Crippen LogP contribution in [-0.2, 0) is 6.18 Å². The van der Waals surface area contributed by atoms with Gasteiger partial charge in [-0.15, -0.1) is 0 Å². The summed E-state index contributed by atoms with van der Waals surface area (Å²) in [6.45, 7) is -0.592. The second-order valence-corrected chi connectivity index (χ2v) is 3.64. The van der Waals surface area contributed by atoms with Crippen molar-refractivity contribution in [3.63, 3.8) is 0 Å². The number of alkyl halides is 3. The fraction of sp³-hybridized carbons (Fsp3) is 0.273. The van der Waals surface area contributed by atoms with E-state index in [0.29, 0.717) is 12.1 Å². The largest absolute Gasteiger partial charge is 0.416 e. The van der Waals surface area contributed by atoms with Crippen LogP contribution in [0.5, 0.6) is 0 Å². The van der Waals surface area contributed by atoms with Crippen molar-refractivity contribution in [1.82, 2.24) is 0 Å². The van der Waals surface area contributed by atoms with Gasteiger partial charge < -0.3 is 10.2 Å². The number of nitro groups is 1. The van der Waals surface area contributed by atoms with Crippen molar-refractivity contribution in [2.24, 2.45) is 0 Å². The Morgan fingerprint density at radius 3 is 2.53 bits per heavy atom. The maximum absolute atomic E-state index is 12.4. The molecule has 19 heavy (non-hydrogen) atoms. The molecule has 0 aliphatic rings. The lowest BCUT2D eigenvalue weighted by Gasteiger charge is -2.07. The minimum Gasteiger partial charge on any atom is -0.393 e. The first kappa shape index (κ1) is 15.1. The van der Waals surface area contributed by atoms with Gasteiger partial charge in [0.2, 0.25) is 0 Å². The van der Waals surface area contributed by atoms with Crippen LogP contribution in [-0.4, -0.2) is 27.8 Å². The maximum Gasteiger partial charge on any atom is 0.416 e.